The van der Waals surface area contributed by atoms with Crippen LogP contribution in [0, 0.1) is 5.92 Å². The summed E-state index contributed by atoms with van der Waals surface area (Å²) in [7, 11) is 0. The second kappa shape index (κ2) is 7.23. The first kappa shape index (κ1) is 13.9. The number of carbonyl (C=O) groups is 1. The predicted molar refractivity (Wildman–Crippen MR) is 65.7 cm³/mol. The van der Waals surface area contributed by atoms with E-state index in [1.165, 1.54) is 11.8 Å². The maximum Gasteiger partial charge on any atom is 0.319 e. The lowest BCUT2D eigenvalue weighted by molar-refractivity contribution is -0.143. The summed E-state index contributed by atoms with van der Waals surface area (Å²) in [5.41, 5.74) is 0. The second-order valence-electron chi connectivity index (χ2n) is 3.26. The van der Waals surface area contributed by atoms with E-state index in [2.05, 4.69) is 0 Å². The molecule has 4 heteroatoms. The Labute approximate surface area is 95.8 Å². The van der Waals surface area contributed by atoms with Crippen molar-refractivity contribution in [1.29, 1.82) is 0 Å². The van der Waals surface area contributed by atoms with Crippen molar-refractivity contribution in [3.8, 4) is 0 Å². The second-order valence-corrected chi connectivity index (χ2v) is 5.25. The summed E-state index contributed by atoms with van der Waals surface area (Å²) in [6.07, 6.45) is 0.822. The SMILES string of the molecule is CCOC(=O)C(SC(=S)CC)C(C)C. The van der Waals surface area contributed by atoms with Crippen molar-refractivity contribution in [2.24, 2.45) is 5.92 Å². The normalized spacial score (nSPS) is 12.6. The quantitative estimate of drug-likeness (QED) is 0.539. The number of hydrogen-bond acceptors (Lipinski definition) is 4. The van der Waals surface area contributed by atoms with Gasteiger partial charge in [-0.15, -0.1) is 11.8 Å². The van der Waals surface area contributed by atoms with E-state index < -0.39 is 0 Å². The molecule has 0 fully saturated rings. The molecule has 0 aliphatic heterocycles. The van der Waals surface area contributed by atoms with Gasteiger partial charge in [0.15, 0.2) is 0 Å². The zero-order valence-electron chi connectivity index (χ0n) is 9.20. The minimum absolute atomic E-state index is 0.150. The smallest absolute Gasteiger partial charge is 0.319 e. The summed E-state index contributed by atoms with van der Waals surface area (Å²) in [5.74, 6) is 0.104. The van der Waals surface area contributed by atoms with E-state index >= 15 is 0 Å². The van der Waals surface area contributed by atoms with Crippen molar-refractivity contribution >= 4 is 34.1 Å². The first-order valence-corrected chi connectivity index (χ1v) is 6.17. The molecule has 14 heavy (non-hydrogen) atoms. The van der Waals surface area contributed by atoms with Gasteiger partial charge in [-0.05, 0) is 19.3 Å². The van der Waals surface area contributed by atoms with Crippen molar-refractivity contribution in [3.63, 3.8) is 0 Å². The van der Waals surface area contributed by atoms with E-state index in [4.69, 9.17) is 17.0 Å². The van der Waals surface area contributed by atoms with E-state index in [9.17, 15) is 4.79 Å². The molecule has 0 aliphatic carbocycles. The molecule has 0 saturated heterocycles. The highest BCUT2D eigenvalue weighted by Gasteiger charge is 2.25. The summed E-state index contributed by atoms with van der Waals surface area (Å²) in [5, 5.41) is -0.151. The molecule has 0 aromatic heterocycles. The van der Waals surface area contributed by atoms with Crippen LogP contribution in [-0.2, 0) is 9.53 Å². The van der Waals surface area contributed by atoms with Gasteiger partial charge in [-0.1, -0.05) is 33.0 Å². The summed E-state index contributed by atoms with van der Waals surface area (Å²) in [4.78, 5) is 11.5. The number of thiocarbonyl (C=S) groups is 1. The number of rotatable bonds is 5. The van der Waals surface area contributed by atoms with Gasteiger partial charge in [0.1, 0.15) is 5.25 Å². The standard InChI is InChI=1S/C10H18O2S2/c1-5-8(13)14-9(7(3)4)10(11)12-6-2/h7,9H,5-6H2,1-4H3. The van der Waals surface area contributed by atoms with Crippen molar-refractivity contribution in [1.82, 2.24) is 0 Å². The average molecular weight is 234 g/mol. The molecule has 0 rings (SSSR count). The molecule has 2 nitrogen and oxygen atoms in total. The minimum Gasteiger partial charge on any atom is -0.465 e. The molecule has 0 aliphatic rings. The molecule has 0 aromatic carbocycles. The number of ether oxygens (including phenoxy) is 1. The molecule has 0 spiro atoms. The maximum absolute atomic E-state index is 11.5. The van der Waals surface area contributed by atoms with Gasteiger partial charge in [0, 0.05) is 4.20 Å². The predicted octanol–water partition coefficient (Wildman–Crippen LogP) is 3.04. The van der Waals surface area contributed by atoms with Crippen molar-refractivity contribution < 1.29 is 9.53 Å². The minimum atomic E-state index is -0.151. The van der Waals surface area contributed by atoms with Crippen LogP contribution < -0.4 is 0 Å². The fourth-order valence-electron chi connectivity index (χ4n) is 0.906. The lowest BCUT2D eigenvalue weighted by atomic mass is 10.1. The van der Waals surface area contributed by atoms with Crippen LogP contribution in [0.2, 0.25) is 0 Å². The number of esters is 1. The highest BCUT2D eigenvalue weighted by molar-refractivity contribution is 8.23. The molecule has 82 valence electrons. The van der Waals surface area contributed by atoms with Crippen LogP contribution in [0.25, 0.3) is 0 Å². The zero-order chi connectivity index (χ0) is 11.1. The Morgan fingerprint density at radius 3 is 2.36 bits per heavy atom. The van der Waals surface area contributed by atoms with Crippen LogP contribution in [0.3, 0.4) is 0 Å². The topological polar surface area (TPSA) is 26.3 Å². The molecular formula is C10H18O2S2. The summed E-state index contributed by atoms with van der Waals surface area (Å²) >= 11 is 6.57. The molecule has 0 amide bonds. The molecule has 0 saturated carbocycles. The van der Waals surface area contributed by atoms with Crippen LogP contribution in [0.4, 0.5) is 0 Å². The maximum atomic E-state index is 11.5. The molecule has 1 atom stereocenters. The Bertz CT molecular complexity index is 202. The van der Waals surface area contributed by atoms with Gasteiger partial charge in [0.05, 0.1) is 6.61 Å². The summed E-state index contributed by atoms with van der Waals surface area (Å²) in [6, 6.07) is 0. The monoisotopic (exact) mass is 234 g/mol. The largest absolute Gasteiger partial charge is 0.465 e. The fraction of sp³-hybridized carbons (Fsp3) is 0.800. The van der Waals surface area contributed by atoms with Crippen molar-refractivity contribution in [3.05, 3.63) is 0 Å². The van der Waals surface area contributed by atoms with E-state index in [0.717, 1.165) is 10.6 Å². The number of hydrogen-bond donors (Lipinski definition) is 0. The third-order valence-electron chi connectivity index (χ3n) is 1.67. The molecule has 0 N–H and O–H groups in total. The zero-order valence-corrected chi connectivity index (χ0v) is 10.8. The molecule has 1 unspecified atom stereocenters. The van der Waals surface area contributed by atoms with Crippen LogP contribution in [-0.4, -0.2) is 22.0 Å². The summed E-state index contributed by atoms with van der Waals surface area (Å²) in [6.45, 7) is 8.26. The van der Waals surface area contributed by atoms with Gasteiger partial charge >= 0.3 is 5.97 Å². The number of thioether (sulfide) groups is 1. The highest BCUT2D eigenvalue weighted by Crippen LogP contribution is 2.23. The van der Waals surface area contributed by atoms with Crippen molar-refractivity contribution in [2.75, 3.05) is 6.61 Å². The van der Waals surface area contributed by atoms with Gasteiger partial charge in [0.25, 0.3) is 0 Å². The van der Waals surface area contributed by atoms with Crippen molar-refractivity contribution in [2.45, 2.75) is 39.4 Å². The van der Waals surface area contributed by atoms with Crippen LogP contribution in [0.15, 0.2) is 0 Å². The lowest BCUT2D eigenvalue weighted by Crippen LogP contribution is -2.26. The molecule has 0 bridgehead atoms. The third kappa shape index (κ3) is 4.96. The molecule has 0 aromatic rings. The van der Waals surface area contributed by atoms with Gasteiger partial charge in [-0.3, -0.25) is 4.79 Å². The Morgan fingerprint density at radius 1 is 1.43 bits per heavy atom. The molecule has 0 heterocycles. The average Bonchev–Trinajstić information content (AvgIpc) is 2.13. The van der Waals surface area contributed by atoms with Gasteiger partial charge in [0.2, 0.25) is 0 Å². The summed E-state index contributed by atoms with van der Waals surface area (Å²) < 4.78 is 5.86. The Morgan fingerprint density at radius 2 is 2.00 bits per heavy atom. The van der Waals surface area contributed by atoms with E-state index in [0.29, 0.717) is 6.61 Å². The van der Waals surface area contributed by atoms with Crippen LogP contribution in [0.1, 0.15) is 34.1 Å². The first-order valence-electron chi connectivity index (χ1n) is 4.89. The van der Waals surface area contributed by atoms with Gasteiger partial charge < -0.3 is 4.74 Å². The van der Waals surface area contributed by atoms with E-state index in [1.807, 2.05) is 27.7 Å². The number of carbonyl (C=O) groups excluding carboxylic acids is 1. The van der Waals surface area contributed by atoms with E-state index in [1.54, 1.807) is 0 Å². The first-order chi connectivity index (χ1) is 6.52. The van der Waals surface area contributed by atoms with Gasteiger partial charge in [-0.2, -0.15) is 0 Å². The van der Waals surface area contributed by atoms with Gasteiger partial charge in [-0.25, -0.2) is 0 Å². The Hall–Kier alpha value is -0.0900. The van der Waals surface area contributed by atoms with Crippen LogP contribution >= 0.6 is 24.0 Å². The Kier molecular flexibility index (Phi) is 7.19. The van der Waals surface area contributed by atoms with Crippen LogP contribution in [0.5, 0.6) is 0 Å². The lowest BCUT2D eigenvalue weighted by Gasteiger charge is -2.18. The molecular weight excluding hydrogens is 216 g/mol. The molecule has 0 radical (unpaired) electrons. The fourth-order valence-corrected chi connectivity index (χ4v) is 2.10. The third-order valence-corrected chi connectivity index (χ3v) is 3.79. The highest BCUT2D eigenvalue weighted by atomic mass is 32.2. The Balaban J connectivity index is 4.29. The van der Waals surface area contributed by atoms with E-state index in [-0.39, 0.29) is 17.1 Å².